The van der Waals surface area contributed by atoms with E-state index in [1.165, 1.54) is 0 Å². The van der Waals surface area contributed by atoms with Crippen LogP contribution in [0.4, 0.5) is 13.2 Å². The van der Waals surface area contributed by atoms with E-state index in [4.69, 9.17) is 11.6 Å². The highest BCUT2D eigenvalue weighted by Gasteiger charge is 2.19. The fourth-order valence-corrected chi connectivity index (χ4v) is 1.45. The average molecular weight is 268 g/mol. The lowest BCUT2D eigenvalue weighted by molar-refractivity contribution is -0.139. The summed E-state index contributed by atoms with van der Waals surface area (Å²) in [6.07, 6.45) is -3.28. The Bertz CT molecular complexity index is 426. The molecule has 0 amide bonds. The third kappa shape index (κ3) is 3.33. The SMILES string of the molecule is COC(=O)Cc1cc(CCl)c(C(F)F)nc1F. The van der Waals surface area contributed by atoms with Crippen molar-refractivity contribution in [3.05, 3.63) is 28.8 Å². The van der Waals surface area contributed by atoms with E-state index in [0.717, 1.165) is 13.2 Å². The highest BCUT2D eigenvalue weighted by atomic mass is 35.5. The van der Waals surface area contributed by atoms with Gasteiger partial charge >= 0.3 is 5.97 Å². The van der Waals surface area contributed by atoms with Crippen molar-refractivity contribution in [1.82, 2.24) is 4.98 Å². The van der Waals surface area contributed by atoms with Crippen LogP contribution in [0.2, 0.25) is 0 Å². The van der Waals surface area contributed by atoms with Gasteiger partial charge in [0.1, 0.15) is 5.69 Å². The highest BCUT2D eigenvalue weighted by molar-refractivity contribution is 6.17. The number of pyridine rings is 1. The Morgan fingerprint density at radius 1 is 1.53 bits per heavy atom. The van der Waals surface area contributed by atoms with Gasteiger partial charge in [0.2, 0.25) is 5.95 Å². The molecule has 1 aromatic heterocycles. The second-order valence-electron chi connectivity index (χ2n) is 3.17. The van der Waals surface area contributed by atoms with Gasteiger partial charge in [-0.25, -0.2) is 13.8 Å². The van der Waals surface area contributed by atoms with Crippen molar-refractivity contribution < 1.29 is 22.7 Å². The Kier molecular flexibility index (Phi) is 4.74. The summed E-state index contributed by atoms with van der Waals surface area (Å²) in [6.45, 7) is 0. The first-order valence-corrected chi connectivity index (χ1v) is 5.12. The predicted molar refractivity (Wildman–Crippen MR) is 54.4 cm³/mol. The number of nitrogens with zero attached hydrogens (tertiary/aromatic N) is 1. The molecule has 0 aliphatic carbocycles. The Balaban J connectivity index is 3.13. The van der Waals surface area contributed by atoms with Crippen LogP contribution in [-0.2, 0) is 21.8 Å². The fraction of sp³-hybridized carbons (Fsp3) is 0.400. The van der Waals surface area contributed by atoms with Crippen molar-refractivity contribution >= 4 is 17.6 Å². The quantitative estimate of drug-likeness (QED) is 0.478. The van der Waals surface area contributed by atoms with E-state index in [2.05, 4.69) is 9.72 Å². The number of alkyl halides is 3. The molecule has 1 heterocycles. The van der Waals surface area contributed by atoms with Crippen molar-refractivity contribution in [1.29, 1.82) is 0 Å². The molecule has 0 spiro atoms. The summed E-state index contributed by atoms with van der Waals surface area (Å²) in [7, 11) is 1.14. The molecular weight excluding hydrogens is 259 g/mol. The van der Waals surface area contributed by atoms with E-state index in [-0.39, 0.29) is 23.4 Å². The molecule has 94 valence electrons. The summed E-state index contributed by atoms with van der Waals surface area (Å²) in [6, 6.07) is 1.10. The Hall–Kier alpha value is -1.30. The van der Waals surface area contributed by atoms with Crippen molar-refractivity contribution in [2.45, 2.75) is 18.7 Å². The van der Waals surface area contributed by atoms with Gasteiger partial charge in [0.15, 0.2) is 0 Å². The highest BCUT2D eigenvalue weighted by Crippen LogP contribution is 2.24. The minimum Gasteiger partial charge on any atom is -0.469 e. The largest absolute Gasteiger partial charge is 0.469 e. The third-order valence-corrected chi connectivity index (χ3v) is 2.36. The number of ether oxygens (including phenoxy) is 1. The van der Waals surface area contributed by atoms with Gasteiger partial charge in [-0.3, -0.25) is 4.79 Å². The first kappa shape index (κ1) is 13.8. The van der Waals surface area contributed by atoms with Crippen LogP contribution in [0.25, 0.3) is 0 Å². The standard InChI is InChI=1S/C10H9ClF3NO2/c1-17-7(16)3-5-2-6(4-11)8(9(12)13)15-10(5)14/h2,9H,3-4H2,1H3. The molecule has 3 nitrogen and oxygen atoms in total. The molecule has 0 fully saturated rings. The lowest BCUT2D eigenvalue weighted by atomic mass is 10.1. The lowest BCUT2D eigenvalue weighted by Crippen LogP contribution is -2.10. The number of aromatic nitrogens is 1. The third-order valence-electron chi connectivity index (χ3n) is 2.07. The number of carbonyl (C=O) groups is 1. The van der Waals surface area contributed by atoms with Crippen LogP contribution in [0.15, 0.2) is 6.07 Å². The molecule has 0 saturated heterocycles. The molecule has 1 rings (SSSR count). The van der Waals surface area contributed by atoms with Gasteiger partial charge in [0.25, 0.3) is 6.43 Å². The van der Waals surface area contributed by atoms with Crippen LogP contribution in [0.5, 0.6) is 0 Å². The van der Waals surface area contributed by atoms with Crippen LogP contribution in [0, 0.1) is 5.95 Å². The first-order chi connectivity index (χ1) is 7.99. The topological polar surface area (TPSA) is 39.2 Å². The van der Waals surface area contributed by atoms with E-state index in [9.17, 15) is 18.0 Å². The number of carbonyl (C=O) groups excluding carboxylic acids is 1. The van der Waals surface area contributed by atoms with Crippen LogP contribution in [-0.4, -0.2) is 18.1 Å². The van der Waals surface area contributed by atoms with Gasteiger partial charge in [-0.05, 0) is 11.6 Å². The summed E-state index contributed by atoms with van der Waals surface area (Å²) in [5.41, 5.74) is -0.815. The van der Waals surface area contributed by atoms with Gasteiger partial charge in [-0.15, -0.1) is 11.6 Å². The Labute approximate surface area is 101 Å². The second-order valence-corrected chi connectivity index (χ2v) is 3.44. The van der Waals surface area contributed by atoms with Crippen molar-refractivity contribution in [3.63, 3.8) is 0 Å². The average Bonchev–Trinajstić information content (AvgIpc) is 2.30. The summed E-state index contributed by atoms with van der Waals surface area (Å²) in [5, 5.41) is 0. The fourth-order valence-electron chi connectivity index (χ4n) is 1.24. The summed E-state index contributed by atoms with van der Waals surface area (Å²) in [5.74, 6) is -2.03. The molecule has 0 unspecified atom stereocenters. The van der Waals surface area contributed by atoms with Gasteiger partial charge in [0, 0.05) is 11.4 Å². The molecule has 0 aromatic carbocycles. The van der Waals surface area contributed by atoms with E-state index in [1.807, 2.05) is 0 Å². The Morgan fingerprint density at radius 2 is 2.18 bits per heavy atom. The number of esters is 1. The maximum Gasteiger partial charge on any atom is 0.310 e. The molecular formula is C10H9ClF3NO2. The molecule has 0 radical (unpaired) electrons. The molecule has 0 N–H and O–H groups in total. The minimum absolute atomic E-state index is 0.00182. The summed E-state index contributed by atoms with van der Waals surface area (Å²) in [4.78, 5) is 14.1. The molecule has 0 bridgehead atoms. The molecule has 0 aliphatic rings. The lowest BCUT2D eigenvalue weighted by Gasteiger charge is -2.08. The number of hydrogen-bond donors (Lipinski definition) is 0. The number of hydrogen-bond acceptors (Lipinski definition) is 3. The van der Waals surface area contributed by atoms with E-state index in [0.29, 0.717) is 0 Å². The van der Waals surface area contributed by atoms with Crippen LogP contribution in [0.1, 0.15) is 23.2 Å². The van der Waals surface area contributed by atoms with E-state index < -0.39 is 24.0 Å². The zero-order chi connectivity index (χ0) is 13.0. The van der Waals surface area contributed by atoms with Gasteiger partial charge in [0.05, 0.1) is 13.5 Å². The molecule has 0 saturated carbocycles. The smallest absolute Gasteiger partial charge is 0.310 e. The Morgan fingerprint density at radius 3 is 2.65 bits per heavy atom. The van der Waals surface area contributed by atoms with Gasteiger partial charge in [-0.1, -0.05) is 0 Å². The second kappa shape index (κ2) is 5.86. The predicted octanol–water partition coefficient (Wildman–Crippen LogP) is 2.61. The van der Waals surface area contributed by atoms with Crippen LogP contribution in [0.3, 0.4) is 0 Å². The molecule has 7 heteroatoms. The number of halogens is 4. The normalized spacial score (nSPS) is 10.7. The maximum absolute atomic E-state index is 13.3. The zero-order valence-electron chi connectivity index (χ0n) is 8.84. The van der Waals surface area contributed by atoms with Gasteiger partial charge < -0.3 is 4.74 Å². The van der Waals surface area contributed by atoms with Crippen molar-refractivity contribution in [2.24, 2.45) is 0 Å². The number of methoxy groups -OCH3 is 1. The first-order valence-electron chi connectivity index (χ1n) is 4.58. The summed E-state index contributed by atoms with van der Waals surface area (Å²) < 4.78 is 42.6. The van der Waals surface area contributed by atoms with E-state index >= 15 is 0 Å². The number of rotatable bonds is 4. The maximum atomic E-state index is 13.3. The van der Waals surface area contributed by atoms with Crippen LogP contribution < -0.4 is 0 Å². The van der Waals surface area contributed by atoms with Crippen molar-refractivity contribution in [2.75, 3.05) is 7.11 Å². The van der Waals surface area contributed by atoms with Gasteiger partial charge in [-0.2, -0.15) is 4.39 Å². The molecule has 17 heavy (non-hydrogen) atoms. The van der Waals surface area contributed by atoms with Crippen molar-refractivity contribution in [3.8, 4) is 0 Å². The van der Waals surface area contributed by atoms with Crippen LogP contribution >= 0.6 is 11.6 Å². The molecule has 1 aromatic rings. The monoisotopic (exact) mass is 267 g/mol. The summed E-state index contributed by atoms with van der Waals surface area (Å²) >= 11 is 5.46. The zero-order valence-corrected chi connectivity index (χ0v) is 9.60. The minimum atomic E-state index is -2.91. The molecule has 0 atom stereocenters. The molecule has 0 aliphatic heterocycles. The van der Waals surface area contributed by atoms with E-state index in [1.54, 1.807) is 0 Å².